The van der Waals surface area contributed by atoms with Gasteiger partial charge in [-0.05, 0) is 62.1 Å². The molecule has 172 valence electrons. The molecule has 1 unspecified atom stereocenters. The van der Waals surface area contributed by atoms with Crippen LogP contribution in [0.1, 0.15) is 51.3 Å². The maximum atomic E-state index is 13.6. The lowest BCUT2D eigenvalue weighted by Gasteiger charge is -2.20. The van der Waals surface area contributed by atoms with Gasteiger partial charge in [0.2, 0.25) is 6.10 Å². The maximum absolute atomic E-state index is 13.6. The number of hydrogen-bond donors (Lipinski definition) is 1. The Morgan fingerprint density at radius 1 is 0.912 bits per heavy atom. The van der Waals surface area contributed by atoms with E-state index in [1.165, 1.54) is 0 Å². The molecule has 1 heterocycles. The number of ether oxygens (including phenoxy) is 1. The molecular formula is C29H28N2O3. The number of aromatic nitrogens is 1. The van der Waals surface area contributed by atoms with E-state index < -0.39 is 18.0 Å². The van der Waals surface area contributed by atoms with Crippen LogP contribution in [0.2, 0.25) is 0 Å². The van der Waals surface area contributed by atoms with E-state index in [-0.39, 0.29) is 0 Å². The Morgan fingerprint density at radius 3 is 2.24 bits per heavy atom. The quantitative estimate of drug-likeness (QED) is 0.351. The molecule has 0 fully saturated rings. The van der Waals surface area contributed by atoms with Crippen LogP contribution in [0.3, 0.4) is 0 Å². The number of benzene rings is 3. The zero-order valence-corrected chi connectivity index (χ0v) is 19.9. The SMILES string of the molecule is CCc1nc2ccccc2c(C(=O)OC(C(=O)Nc2cc(C)cc(C)c2)c2ccccc2)c1C. The molecule has 1 atom stereocenters. The summed E-state index contributed by atoms with van der Waals surface area (Å²) >= 11 is 0. The van der Waals surface area contributed by atoms with Gasteiger partial charge in [-0.2, -0.15) is 0 Å². The molecule has 1 N–H and O–H groups in total. The van der Waals surface area contributed by atoms with Crippen molar-refractivity contribution >= 4 is 28.5 Å². The first kappa shape index (κ1) is 23.2. The Kier molecular flexibility index (Phi) is 6.73. The highest BCUT2D eigenvalue weighted by Crippen LogP contribution is 2.28. The minimum Gasteiger partial charge on any atom is -0.444 e. The van der Waals surface area contributed by atoms with Crippen LogP contribution in [0.15, 0.2) is 72.8 Å². The van der Waals surface area contributed by atoms with Gasteiger partial charge in [0, 0.05) is 22.3 Å². The minimum atomic E-state index is -1.11. The lowest BCUT2D eigenvalue weighted by molar-refractivity contribution is -0.125. The van der Waals surface area contributed by atoms with Gasteiger partial charge in [-0.1, -0.05) is 61.5 Å². The number of nitrogens with zero attached hydrogens (tertiary/aromatic N) is 1. The van der Waals surface area contributed by atoms with E-state index in [1.54, 1.807) is 12.1 Å². The largest absolute Gasteiger partial charge is 0.444 e. The molecular weight excluding hydrogens is 424 g/mol. The lowest BCUT2D eigenvalue weighted by atomic mass is 10.00. The van der Waals surface area contributed by atoms with Crippen LogP contribution < -0.4 is 5.32 Å². The summed E-state index contributed by atoms with van der Waals surface area (Å²) in [5, 5.41) is 3.64. The molecule has 1 amide bonds. The van der Waals surface area contributed by atoms with Gasteiger partial charge in [-0.15, -0.1) is 0 Å². The second kappa shape index (κ2) is 9.87. The number of nitrogens with one attached hydrogen (secondary N) is 1. The summed E-state index contributed by atoms with van der Waals surface area (Å²) < 4.78 is 5.93. The molecule has 0 bridgehead atoms. The van der Waals surface area contributed by atoms with Crippen LogP contribution in [-0.2, 0) is 16.0 Å². The van der Waals surface area contributed by atoms with Crippen LogP contribution in [0.4, 0.5) is 5.69 Å². The van der Waals surface area contributed by atoms with Crippen molar-refractivity contribution in [1.29, 1.82) is 0 Å². The molecule has 0 spiro atoms. The predicted octanol–water partition coefficient (Wildman–Crippen LogP) is 6.26. The number of para-hydroxylation sites is 1. The lowest BCUT2D eigenvalue weighted by Crippen LogP contribution is -2.26. The Morgan fingerprint density at radius 2 is 1.56 bits per heavy atom. The molecule has 3 aromatic carbocycles. The van der Waals surface area contributed by atoms with Crippen LogP contribution in [0.5, 0.6) is 0 Å². The smallest absolute Gasteiger partial charge is 0.340 e. The maximum Gasteiger partial charge on any atom is 0.340 e. The molecule has 1 aromatic heterocycles. The zero-order valence-electron chi connectivity index (χ0n) is 19.9. The first-order valence-corrected chi connectivity index (χ1v) is 11.4. The first-order valence-electron chi connectivity index (χ1n) is 11.4. The van der Waals surface area contributed by atoms with Crippen LogP contribution in [-0.4, -0.2) is 16.9 Å². The fraction of sp³-hybridized carbons (Fsp3) is 0.207. The van der Waals surface area contributed by atoms with Gasteiger partial charge < -0.3 is 10.1 Å². The molecule has 34 heavy (non-hydrogen) atoms. The molecule has 0 saturated heterocycles. The Labute approximate surface area is 199 Å². The van der Waals surface area contributed by atoms with E-state index in [4.69, 9.17) is 9.72 Å². The summed E-state index contributed by atoms with van der Waals surface area (Å²) in [4.78, 5) is 31.6. The van der Waals surface area contributed by atoms with E-state index in [0.717, 1.165) is 27.9 Å². The van der Waals surface area contributed by atoms with Crippen molar-refractivity contribution in [2.45, 2.75) is 40.2 Å². The molecule has 5 heteroatoms. The van der Waals surface area contributed by atoms with Crippen molar-refractivity contribution in [3.8, 4) is 0 Å². The van der Waals surface area contributed by atoms with Crippen molar-refractivity contribution in [3.05, 3.63) is 106 Å². The summed E-state index contributed by atoms with van der Waals surface area (Å²) in [5.41, 5.74) is 6.12. The number of carbonyl (C=O) groups excluding carboxylic acids is 2. The third-order valence-corrected chi connectivity index (χ3v) is 5.83. The predicted molar refractivity (Wildman–Crippen MR) is 135 cm³/mol. The molecule has 0 radical (unpaired) electrons. The van der Waals surface area contributed by atoms with Crippen molar-refractivity contribution in [1.82, 2.24) is 4.98 Å². The van der Waals surface area contributed by atoms with E-state index in [9.17, 15) is 9.59 Å². The molecule has 0 aliphatic heterocycles. The Hall–Kier alpha value is -3.99. The van der Waals surface area contributed by atoms with Gasteiger partial charge in [-0.25, -0.2) is 4.79 Å². The van der Waals surface area contributed by atoms with Crippen molar-refractivity contribution < 1.29 is 14.3 Å². The standard InChI is InChI=1S/C29H28N2O3/c1-5-24-20(4)26(23-13-9-10-14-25(23)31-24)29(33)34-27(21-11-7-6-8-12-21)28(32)30-22-16-18(2)15-19(3)17-22/h6-17,27H,5H2,1-4H3,(H,30,32). The van der Waals surface area contributed by atoms with Crippen molar-refractivity contribution in [2.24, 2.45) is 0 Å². The topological polar surface area (TPSA) is 68.3 Å². The summed E-state index contributed by atoms with van der Waals surface area (Å²) in [6.07, 6.45) is -0.419. The van der Waals surface area contributed by atoms with E-state index in [1.807, 2.05) is 88.4 Å². The van der Waals surface area contributed by atoms with Gasteiger partial charge in [0.1, 0.15) is 0 Å². The van der Waals surface area contributed by atoms with E-state index in [0.29, 0.717) is 28.6 Å². The number of pyridine rings is 1. The normalized spacial score (nSPS) is 11.8. The highest BCUT2D eigenvalue weighted by atomic mass is 16.5. The summed E-state index contributed by atoms with van der Waals surface area (Å²) in [6, 6.07) is 22.4. The average Bonchev–Trinajstić information content (AvgIpc) is 2.81. The zero-order chi connectivity index (χ0) is 24.2. The molecule has 5 nitrogen and oxygen atoms in total. The fourth-order valence-corrected chi connectivity index (χ4v) is 4.29. The summed E-state index contributed by atoms with van der Waals surface area (Å²) in [6.45, 7) is 7.82. The second-order valence-corrected chi connectivity index (χ2v) is 8.49. The summed E-state index contributed by atoms with van der Waals surface area (Å²) in [7, 11) is 0. The van der Waals surface area contributed by atoms with Gasteiger partial charge in [-0.3, -0.25) is 9.78 Å². The van der Waals surface area contributed by atoms with Crippen LogP contribution in [0, 0.1) is 20.8 Å². The monoisotopic (exact) mass is 452 g/mol. The van der Waals surface area contributed by atoms with E-state index >= 15 is 0 Å². The molecule has 4 rings (SSSR count). The summed E-state index contributed by atoms with van der Waals surface area (Å²) in [5.74, 6) is -0.952. The van der Waals surface area contributed by atoms with Crippen molar-refractivity contribution in [3.63, 3.8) is 0 Å². The van der Waals surface area contributed by atoms with Crippen molar-refractivity contribution in [2.75, 3.05) is 5.32 Å². The highest BCUT2D eigenvalue weighted by Gasteiger charge is 2.28. The number of carbonyl (C=O) groups is 2. The number of rotatable bonds is 6. The first-order chi connectivity index (χ1) is 16.4. The number of anilines is 1. The number of fused-ring (bicyclic) bond motifs is 1. The molecule has 0 saturated carbocycles. The van der Waals surface area contributed by atoms with Gasteiger partial charge in [0.15, 0.2) is 0 Å². The average molecular weight is 453 g/mol. The number of amides is 1. The number of esters is 1. The van der Waals surface area contributed by atoms with Gasteiger partial charge in [0.25, 0.3) is 5.91 Å². The van der Waals surface area contributed by atoms with Crippen LogP contribution in [0.25, 0.3) is 10.9 Å². The number of hydrogen-bond acceptors (Lipinski definition) is 4. The van der Waals surface area contributed by atoms with Gasteiger partial charge >= 0.3 is 5.97 Å². The van der Waals surface area contributed by atoms with E-state index in [2.05, 4.69) is 5.32 Å². The Balaban J connectivity index is 1.72. The molecule has 0 aliphatic carbocycles. The van der Waals surface area contributed by atoms with Gasteiger partial charge in [0.05, 0.1) is 11.1 Å². The Bertz CT molecular complexity index is 1340. The molecule has 4 aromatic rings. The second-order valence-electron chi connectivity index (χ2n) is 8.49. The third-order valence-electron chi connectivity index (χ3n) is 5.83. The number of aryl methyl sites for hydroxylation is 3. The molecule has 0 aliphatic rings. The minimum absolute atomic E-state index is 0.406. The third kappa shape index (κ3) is 4.84. The highest BCUT2D eigenvalue weighted by molar-refractivity contribution is 6.06. The van der Waals surface area contributed by atoms with Crippen LogP contribution >= 0.6 is 0 Å². The fourth-order valence-electron chi connectivity index (χ4n) is 4.29.